The second kappa shape index (κ2) is 6.83. The Labute approximate surface area is 94.0 Å². The standard InChI is InChI=1S/C10H20N2O.C2H6/c1-10(2,8-11)9(13)12-6-4-3-5-7-12;1-2/h3-8,11H2,1-2H3;1-2H3. The second-order valence-corrected chi connectivity index (χ2v) is 4.44. The number of nitrogens with zero attached hydrogens (tertiary/aromatic N) is 1. The molecule has 0 radical (unpaired) electrons. The summed E-state index contributed by atoms with van der Waals surface area (Å²) >= 11 is 0. The third-order valence-electron chi connectivity index (χ3n) is 2.73. The van der Waals surface area contributed by atoms with Crippen molar-refractivity contribution in [3.8, 4) is 0 Å². The SMILES string of the molecule is CC.CC(C)(CN)C(=O)N1CCCCC1. The number of hydrogen-bond donors (Lipinski definition) is 1. The van der Waals surface area contributed by atoms with E-state index in [1.807, 2.05) is 32.6 Å². The first kappa shape index (κ1) is 14.4. The van der Waals surface area contributed by atoms with Gasteiger partial charge in [0.2, 0.25) is 5.91 Å². The van der Waals surface area contributed by atoms with Gasteiger partial charge in [-0.3, -0.25) is 4.79 Å². The van der Waals surface area contributed by atoms with Crippen molar-refractivity contribution >= 4 is 5.91 Å². The molecular weight excluding hydrogens is 188 g/mol. The molecule has 0 unspecified atom stereocenters. The fraction of sp³-hybridized carbons (Fsp3) is 0.917. The Bertz CT molecular complexity index is 184. The molecule has 1 saturated heterocycles. The van der Waals surface area contributed by atoms with Gasteiger partial charge in [-0.05, 0) is 33.1 Å². The zero-order valence-electron chi connectivity index (χ0n) is 10.7. The maximum Gasteiger partial charge on any atom is 0.229 e. The molecule has 0 aromatic rings. The van der Waals surface area contributed by atoms with E-state index in [1.165, 1.54) is 6.42 Å². The summed E-state index contributed by atoms with van der Waals surface area (Å²) in [6, 6.07) is 0. The number of carbonyl (C=O) groups excluding carboxylic acids is 1. The van der Waals surface area contributed by atoms with Crippen LogP contribution in [0.1, 0.15) is 47.0 Å². The average Bonchev–Trinajstić information content (AvgIpc) is 2.32. The Morgan fingerprint density at radius 1 is 1.20 bits per heavy atom. The predicted octanol–water partition coefficient (Wildman–Crippen LogP) is 2.01. The Hall–Kier alpha value is -0.570. The Morgan fingerprint density at radius 3 is 2.07 bits per heavy atom. The van der Waals surface area contributed by atoms with Crippen LogP contribution in [0.25, 0.3) is 0 Å². The van der Waals surface area contributed by atoms with E-state index in [-0.39, 0.29) is 11.3 Å². The van der Waals surface area contributed by atoms with Gasteiger partial charge in [0, 0.05) is 19.6 Å². The van der Waals surface area contributed by atoms with Crippen molar-refractivity contribution in [3.05, 3.63) is 0 Å². The normalized spacial score (nSPS) is 16.7. The summed E-state index contributed by atoms with van der Waals surface area (Å²) in [5.74, 6) is 0.217. The van der Waals surface area contributed by atoms with Gasteiger partial charge in [-0.25, -0.2) is 0 Å². The highest BCUT2D eigenvalue weighted by molar-refractivity contribution is 5.82. The lowest BCUT2D eigenvalue weighted by molar-refractivity contribution is -0.140. The van der Waals surface area contributed by atoms with Gasteiger partial charge in [0.05, 0.1) is 5.41 Å². The highest BCUT2D eigenvalue weighted by Gasteiger charge is 2.30. The fourth-order valence-electron chi connectivity index (χ4n) is 1.61. The zero-order chi connectivity index (χ0) is 11.9. The lowest BCUT2D eigenvalue weighted by Gasteiger charge is -2.33. The molecule has 1 rings (SSSR count). The van der Waals surface area contributed by atoms with Crippen LogP contribution in [0, 0.1) is 5.41 Å². The molecule has 15 heavy (non-hydrogen) atoms. The average molecular weight is 214 g/mol. The van der Waals surface area contributed by atoms with Crippen LogP contribution < -0.4 is 5.73 Å². The quantitative estimate of drug-likeness (QED) is 0.764. The maximum atomic E-state index is 11.9. The molecular formula is C12H26N2O. The van der Waals surface area contributed by atoms with E-state index < -0.39 is 0 Å². The molecule has 1 aliphatic rings. The number of amides is 1. The molecule has 0 bridgehead atoms. The number of piperidine rings is 1. The van der Waals surface area contributed by atoms with Gasteiger partial charge in [-0.1, -0.05) is 13.8 Å². The first-order valence-corrected chi connectivity index (χ1v) is 6.07. The topological polar surface area (TPSA) is 46.3 Å². The van der Waals surface area contributed by atoms with E-state index in [9.17, 15) is 4.79 Å². The van der Waals surface area contributed by atoms with Gasteiger partial charge in [0.25, 0.3) is 0 Å². The lowest BCUT2D eigenvalue weighted by Crippen LogP contribution is -2.46. The maximum absolute atomic E-state index is 11.9. The van der Waals surface area contributed by atoms with E-state index in [2.05, 4.69) is 0 Å². The van der Waals surface area contributed by atoms with Gasteiger partial charge in [-0.2, -0.15) is 0 Å². The molecule has 0 aliphatic carbocycles. The Kier molecular flexibility index (Phi) is 6.57. The largest absolute Gasteiger partial charge is 0.342 e. The van der Waals surface area contributed by atoms with Crippen molar-refractivity contribution in [1.29, 1.82) is 0 Å². The van der Waals surface area contributed by atoms with Gasteiger partial charge in [0.15, 0.2) is 0 Å². The number of carbonyl (C=O) groups is 1. The van der Waals surface area contributed by atoms with Crippen LogP contribution in [-0.4, -0.2) is 30.4 Å². The molecule has 1 fully saturated rings. The van der Waals surface area contributed by atoms with Crippen molar-refractivity contribution in [3.63, 3.8) is 0 Å². The van der Waals surface area contributed by atoms with Crippen molar-refractivity contribution < 1.29 is 4.79 Å². The minimum absolute atomic E-state index is 0.217. The van der Waals surface area contributed by atoms with E-state index in [1.54, 1.807) is 0 Å². The van der Waals surface area contributed by atoms with Crippen LogP contribution in [0.4, 0.5) is 0 Å². The van der Waals surface area contributed by atoms with Gasteiger partial charge in [0.1, 0.15) is 0 Å². The summed E-state index contributed by atoms with van der Waals surface area (Å²) in [5.41, 5.74) is 5.19. The molecule has 1 amide bonds. The third-order valence-corrected chi connectivity index (χ3v) is 2.73. The molecule has 2 N–H and O–H groups in total. The molecule has 3 nitrogen and oxygen atoms in total. The van der Waals surface area contributed by atoms with Crippen LogP contribution in [0.2, 0.25) is 0 Å². The molecule has 0 saturated carbocycles. The van der Waals surface area contributed by atoms with E-state index in [4.69, 9.17) is 5.73 Å². The Morgan fingerprint density at radius 2 is 1.67 bits per heavy atom. The van der Waals surface area contributed by atoms with Gasteiger partial charge < -0.3 is 10.6 Å². The van der Waals surface area contributed by atoms with Crippen LogP contribution in [0.3, 0.4) is 0 Å². The van der Waals surface area contributed by atoms with Crippen LogP contribution in [0.15, 0.2) is 0 Å². The van der Waals surface area contributed by atoms with Crippen LogP contribution in [-0.2, 0) is 4.79 Å². The number of nitrogens with two attached hydrogens (primary N) is 1. The van der Waals surface area contributed by atoms with E-state index in [0.29, 0.717) is 6.54 Å². The minimum atomic E-state index is -0.378. The lowest BCUT2D eigenvalue weighted by atomic mass is 9.91. The number of rotatable bonds is 2. The predicted molar refractivity (Wildman–Crippen MR) is 64.6 cm³/mol. The molecule has 1 aliphatic heterocycles. The fourth-order valence-corrected chi connectivity index (χ4v) is 1.61. The van der Waals surface area contributed by atoms with Gasteiger partial charge in [-0.15, -0.1) is 0 Å². The van der Waals surface area contributed by atoms with E-state index >= 15 is 0 Å². The summed E-state index contributed by atoms with van der Waals surface area (Å²) in [6.07, 6.45) is 3.55. The highest BCUT2D eigenvalue weighted by atomic mass is 16.2. The van der Waals surface area contributed by atoms with Crippen molar-refractivity contribution in [1.82, 2.24) is 4.90 Å². The van der Waals surface area contributed by atoms with Gasteiger partial charge >= 0.3 is 0 Å². The Balaban J connectivity index is 0.000000921. The number of hydrogen-bond acceptors (Lipinski definition) is 2. The van der Waals surface area contributed by atoms with Crippen molar-refractivity contribution in [2.75, 3.05) is 19.6 Å². The second-order valence-electron chi connectivity index (χ2n) is 4.44. The molecule has 90 valence electrons. The monoisotopic (exact) mass is 214 g/mol. The minimum Gasteiger partial charge on any atom is -0.342 e. The molecule has 0 spiro atoms. The summed E-state index contributed by atoms with van der Waals surface area (Å²) in [7, 11) is 0. The van der Waals surface area contributed by atoms with Crippen LogP contribution >= 0.6 is 0 Å². The smallest absolute Gasteiger partial charge is 0.229 e. The molecule has 0 aromatic heterocycles. The summed E-state index contributed by atoms with van der Waals surface area (Å²) in [4.78, 5) is 13.9. The first-order valence-electron chi connectivity index (χ1n) is 6.07. The van der Waals surface area contributed by atoms with Crippen molar-refractivity contribution in [2.45, 2.75) is 47.0 Å². The first-order chi connectivity index (χ1) is 7.08. The zero-order valence-corrected chi connectivity index (χ0v) is 10.7. The summed E-state index contributed by atoms with van der Waals surface area (Å²) < 4.78 is 0. The van der Waals surface area contributed by atoms with E-state index in [0.717, 1.165) is 25.9 Å². The molecule has 1 heterocycles. The highest BCUT2D eigenvalue weighted by Crippen LogP contribution is 2.20. The summed E-state index contributed by atoms with van der Waals surface area (Å²) in [6.45, 7) is 10.1. The summed E-state index contributed by atoms with van der Waals surface area (Å²) in [5, 5.41) is 0. The van der Waals surface area contributed by atoms with Crippen LogP contribution in [0.5, 0.6) is 0 Å². The molecule has 0 aromatic carbocycles. The third kappa shape index (κ3) is 4.20. The molecule has 0 atom stereocenters. The number of likely N-dealkylation sites (tertiary alicyclic amines) is 1. The van der Waals surface area contributed by atoms with Crippen molar-refractivity contribution in [2.24, 2.45) is 11.1 Å². The molecule has 3 heteroatoms.